The van der Waals surface area contributed by atoms with Gasteiger partial charge in [-0.15, -0.1) is 0 Å². The van der Waals surface area contributed by atoms with Gasteiger partial charge < -0.3 is 24.2 Å². The number of carbonyl (C=O) groups is 1. The van der Waals surface area contributed by atoms with E-state index in [1.807, 2.05) is 0 Å². The first-order valence-corrected chi connectivity index (χ1v) is 14.4. The van der Waals surface area contributed by atoms with Crippen LogP contribution < -0.4 is 20.9 Å². The number of hydrogen-bond donors (Lipinski definition) is 4. The summed E-state index contributed by atoms with van der Waals surface area (Å²) in [4.78, 5) is 38.4. The predicted molar refractivity (Wildman–Crippen MR) is 135 cm³/mol. The number of hydrogen-bond acceptors (Lipinski definition) is 10. The molecule has 4 rings (SSSR count). The first-order chi connectivity index (χ1) is 17.3. The van der Waals surface area contributed by atoms with Crippen LogP contribution in [0, 0.1) is 0 Å². The Balaban J connectivity index is 1.60. The monoisotopic (exact) mass is 555 g/mol. The van der Waals surface area contributed by atoms with Crippen LogP contribution in [0.2, 0.25) is 0 Å². The highest BCUT2D eigenvalue weighted by molar-refractivity contribution is 8.09. The molecule has 1 aromatic carbocycles. The van der Waals surface area contributed by atoms with Crippen LogP contribution in [0.5, 0.6) is 5.75 Å². The molecule has 4 N–H and O–H groups in total. The lowest BCUT2D eigenvalue weighted by molar-refractivity contribution is -0.168. The Morgan fingerprint density at radius 2 is 1.92 bits per heavy atom. The van der Waals surface area contributed by atoms with E-state index in [1.165, 1.54) is 6.20 Å². The maximum Gasteiger partial charge on any atom is 0.330 e. The zero-order chi connectivity index (χ0) is 27.2. The van der Waals surface area contributed by atoms with Gasteiger partial charge in [-0.1, -0.05) is 25.1 Å². The van der Waals surface area contributed by atoms with Crippen molar-refractivity contribution in [1.82, 2.24) is 14.6 Å². The number of nitrogens with one attached hydrogen (secondary N) is 2. The van der Waals surface area contributed by atoms with Gasteiger partial charge in [0.25, 0.3) is 5.56 Å². The lowest BCUT2D eigenvalue weighted by Gasteiger charge is -2.36. The Morgan fingerprint density at radius 1 is 1.24 bits per heavy atom. The minimum Gasteiger partial charge on any atom is -0.462 e. The van der Waals surface area contributed by atoms with E-state index >= 15 is 0 Å². The van der Waals surface area contributed by atoms with Gasteiger partial charge in [-0.3, -0.25) is 23.7 Å². The quantitative estimate of drug-likeness (QED) is 0.244. The minimum atomic E-state index is -3.54. The Bertz CT molecular complexity index is 1320. The van der Waals surface area contributed by atoms with E-state index in [-0.39, 0.29) is 12.5 Å². The smallest absolute Gasteiger partial charge is 0.330 e. The Morgan fingerprint density at radius 3 is 2.51 bits per heavy atom. The molecular weight excluding hydrogens is 525 g/mol. The number of esters is 1. The van der Waals surface area contributed by atoms with E-state index in [0.717, 1.165) is 10.6 Å². The largest absolute Gasteiger partial charge is 0.462 e. The SMILES string of the molecule is CC[C@]1(O)[C@H](n2ccc(=O)[nH]c2=O)O[C@@H]2C(OP(=S)(NC(C)C(=O)OC(C)C)Oc3ccccc3)[C@@]21O. The van der Waals surface area contributed by atoms with Gasteiger partial charge in [0, 0.05) is 12.3 Å². The summed E-state index contributed by atoms with van der Waals surface area (Å²) in [5.41, 5.74) is -5.34. The highest BCUT2D eigenvalue weighted by atomic mass is 32.5. The van der Waals surface area contributed by atoms with Gasteiger partial charge >= 0.3 is 18.3 Å². The van der Waals surface area contributed by atoms with E-state index in [1.54, 1.807) is 58.0 Å². The molecule has 37 heavy (non-hydrogen) atoms. The lowest BCUT2D eigenvalue weighted by Crippen LogP contribution is -2.53. The van der Waals surface area contributed by atoms with Crippen molar-refractivity contribution < 1.29 is 33.5 Å². The first kappa shape index (κ1) is 27.6. The topological polar surface area (TPSA) is 161 Å². The Kier molecular flexibility index (Phi) is 7.52. The summed E-state index contributed by atoms with van der Waals surface area (Å²) in [6.45, 7) is 3.04. The van der Waals surface area contributed by atoms with Crippen LogP contribution in [0.15, 0.2) is 52.2 Å². The van der Waals surface area contributed by atoms with Crippen LogP contribution in [-0.4, -0.2) is 61.3 Å². The highest BCUT2D eigenvalue weighted by Crippen LogP contribution is 2.65. The van der Waals surface area contributed by atoms with Crippen molar-refractivity contribution in [1.29, 1.82) is 0 Å². The molecule has 3 unspecified atom stereocenters. The zero-order valence-electron chi connectivity index (χ0n) is 20.7. The van der Waals surface area contributed by atoms with E-state index in [9.17, 15) is 24.6 Å². The number of rotatable bonds is 10. The molecule has 1 saturated heterocycles. The molecular formula is C23H30N3O9PS. The van der Waals surface area contributed by atoms with Crippen molar-refractivity contribution in [3.8, 4) is 5.75 Å². The summed E-state index contributed by atoms with van der Waals surface area (Å²) >= 11 is 5.71. The molecule has 1 aromatic heterocycles. The van der Waals surface area contributed by atoms with Gasteiger partial charge in [-0.25, -0.2) is 9.88 Å². The van der Waals surface area contributed by atoms with Gasteiger partial charge in [0.05, 0.1) is 6.10 Å². The van der Waals surface area contributed by atoms with E-state index in [2.05, 4.69) is 10.1 Å². The normalized spacial score (nSPS) is 30.8. The molecule has 2 aliphatic rings. The van der Waals surface area contributed by atoms with Crippen molar-refractivity contribution >= 4 is 24.4 Å². The van der Waals surface area contributed by atoms with E-state index in [4.69, 9.17) is 30.3 Å². The number of aromatic amines is 1. The summed E-state index contributed by atoms with van der Waals surface area (Å²) in [7, 11) is 0. The van der Waals surface area contributed by atoms with Crippen molar-refractivity contribution in [2.45, 2.75) is 75.9 Å². The third kappa shape index (κ3) is 5.05. The first-order valence-electron chi connectivity index (χ1n) is 11.8. The van der Waals surface area contributed by atoms with Crippen LogP contribution >= 0.6 is 6.64 Å². The Hall–Kier alpha value is -2.38. The number of benzene rings is 1. The van der Waals surface area contributed by atoms with Gasteiger partial charge in [-0.05, 0) is 51.1 Å². The van der Waals surface area contributed by atoms with Gasteiger partial charge in [0.15, 0.2) is 11.8 Å². The van der Waals surface area contributed by atoms with Crippen molar-refractivity contribution in [3.63, 3.8) is 0 Å². The minimum absolute atomic E-state index is 0.0247. The molecule has 14 heteroatoms. The van der Waals surface area contributed by atoms with Crippen LogP contribution in [0.3, 0.4) is 0 Å². The molecule has 0 radical (unpaired) electrons. The second-order valence-electron chi connectivity index (χ2n) is 9.29. The molecule has 2 fully saturated rings. The third-order valence-corrected chi connectivity index (χ3v) is 8.79. The summed E-state index contributed by atoms with van der Waals surface area (Å²) in [6, 6.07) is 8.76. The second kappa shape index (κ2) is 10.1. The second-order valence-corrected chi connectivity index (χ2v) is 12.4. The molecule has 2 heterocycles. The number of nitrogens with zero attached hydrogens (tertiary/aromatic N) is 1. The number of para-hydroxylation sites is 1. The number of aromatic nitrogens is 2. The summed E-state index contributed by atoms with van der Waals surface area (Å²) in [6.07, 6.45) is -2.69. The molecule has 0 amide bonds. The van der Waals surface area contributed by atoms with Gasteiger partial charge in [0.2, 0.25) is 0 Å². The standard InChI is InChI=1S/C23H30N3O9PS/c1-5-22(30)20(26-12-11-16(27)24-21(26)29)33-17-18(23(17,22)31)35-36(37,34-15-9-7-6-8-10-15)25-14(4)19(28)32-13(2)3/h6-14,17-18,20,30-31H,5H2,1-4H3,(H,25,37)(H,24,27,29)/t14?,17-,18?,20-,22+,23+,36?/m1/s1. The molecule has 0 bridgehead atoms. The highest BCUT2D eigenvalue weighted by Gasteiger charge is 2.84. The van der Waals surface area contributed by atoms with Crippen LogP contribution in [-0.2, 0) is 30.6 Å². The number of fused-ring (bicyclic) bond motifs is 1. The number of ether oxygens (including phenoxy) is 2. The van der Waals surface area contributed by atoms with Crippen molar-refractivity contribution in [2.75, 3.05) is 0 Å². The number of aliphatic hydroxyl groups is 2. The van der Waals surface area contributed by atoms with Gasteiger partial charge in [0.1, 0.15) is 29.6 Å². The summed E-state index contributed by atoms with van der Waals surface area (Å²) in [5.74, 6) is -0.206. The fourth-order valence-electron chi connectivity index (χ4n) is 4.40. The van der Waals surface area contributed by atoms with E-state index in [0.29, 0.717) is 5.75 Å². The molecule has 1 saturated carbocycles. The van der Waals surface area contributed by atoms with Crippen LogP contribution in [0.4, 0.5) is 0 Å². The summed E-state index contributed by atoms with van der Waals surface area (Å²) < 4.78 is 24.2. The molecule has 7 atom stereocenters. The Labute approximate surface area is 217 Å². The predicted octanol–water partition coefficient (Wildman–Crippen LogP) is 0.938. The van der Waals surface area contributed by atoms with Crippen molar-refractivity contribution in [2.24, 2.45) is 0 Å². The summed E-state index contributed by atoms with van der Waals surface area (Å²) in [5, 5.41) is 26.0. The van der Waals surface area contributed by atoms with Crippen LogP contribution in [0.25, 0.3) is 0 Å². The lowest BCUT2D eigenvalue weighted by atomic mass is 9.90. The van der Waals surface area contributed by atoms with Crippen molar-refractivity contribution in [3.05, 3.63) is 63.4 Å². The molecule has 202 valence electrons. The maximum absolute atomic E-state index is 12.5. The number of carbonyl (C=O) groups excluding carboxylic acids is 1. The fraction of sp³-hybridized carbons (Fsp3) is 0.522. The molecule has 2 aromatic rings. The third-order valence-electron chi connectivity index (χ3n) is 6.33. The van der Waals surface area contributed by atoms with Gasteiger partial charge in [-0.2, -0.15) is 0 Å². The average Bonchev–Trinajstić information content (AvgIpc) is 3.29. The molecule has 12 nitrogen and oxygen atoms in total. The maximum atomic E-state index is 12.5. The molecule has 1 aliphatic carbocycles. The van der Waals surface area contributed by atoms with E-state index < -0.39 is 59.5 Å². The molecule has 0 spiro atoms. The zero-order valence-corrected chi connectivity index (χ0v) is 22.4. The fourth-order valence-corrected chi connectivity index (χ4v) is 7.12. The molecule has 1 aliphatic heterocycles. The van der Waals surface area contributed by atoms with Crippen LogP contribution in [0.1, 0.15) is 40.3 Å². The number of H-pyrrole nitrogens is 1. The average molecular weight is 556 g/mol.